The van der Waals surface area contributed by atoms with Gasteiger partial charge in [-0.15, -0.1) is 16.2 Å². The molecule has 0 aromatic heterocycles. The number of nitrogens with two attached hydrogens (primary N) is 2. The van der Waals surface area contributed by atoms with Crippen molar-refractivity contribution in [3.05, 3.63) is 53.1 Å². The van der Waals surface area contributed by atoms with Crippen LogP contribution in [0.5, 0.6) is 0 Å². The van der Waals surface area contributed by atoms with Crippen LogP contribution in [0, 0.1) is 5.92 Å². The molecular weight excluding hydrogens is 536 g/mol. The van der Waals surface area contributed by atoms with Gasteiger partial charge in [0.15, 0.2) is 0 Å². The van der Waals surface area contributed by atoms with Crippen molar-refractivity contribution in [3.63, 3.8) is 0 Å². The highest BCUT2D eigenvalue weighted by Crippen LogP contribution is 2.34. The molecule has 0 saturated carbocycles. The normalized spacial score (nSPS) is 15.2. The zero-order valence-corrected chi connectivity index (χ0v) is 22.2. The number of carbonyl (C=O) groups is 1. The topological polar surface area (TPSA) is 182 Å². The largest absolute Gasteiger partial charge is 0.480 e. The van der Waals surface area contributed by atoms with Gasteiger partial charge in [0.25, 0.3) is 10.0 Å². The van der Waals surface area contributed by atoms with Crippen LogP contribution in [-0.2, 0) is 30.6 Å². The number of sulfonamides is 2. The van der Waals surface area contributed by atoms with Gasteiger partial charge in [0.2, 0.25) is 10.0 Å². The van der Waals surface area contributed by atoms with E-state index in [1.165, 1.54) is 17.8 Å². The zero-order chi connectivity index (χ0) is 26.4. The molecule has 6 N–H and O–H groups in total. The Morgan fingerprint density at radius 2 is 1.83 bits per heavy atom. The number of hydrogen-bond donors (Lipinski definition) is 4. The van der Waals surface area contributed by atoms with Gasteiger partial charge < -0.3 is 16.2 Å². The quantitative estimate of drug-likeness (QED) is 0.375. The molecule has 10 nitrogen and oxygen atoms in total. The first-order valence-electron chi connectivity index (χ1n) is 10.3. The standard InChI is InChI=1S/C15H14ClN3O4S3.C6H13NO2/c16-11-6-12-14(7-13(11)25(17,20)21)26(22,23)19-15(18-12)9-24-8-10-4-2-1-3-5-10;1-4(2)3-5(7)6(8)9/h1-7H,8-9H2,(H,18,19)(H2,17,20,21);4-5H,3,7H2,1-2H3,(H,8,9)/t;5-/m.0/s1. The zero-order valence-electron chi connectivity index (χ0n) is 19.0. The van der Waals surface area contributed by atoms with Crippen LogP contribution in [0.1, 0.15) is 25.8 Å². The van der Waals surface area contributed by atoms with E-state index in [9.17, 15) is 21.6 Å². The van der Waals surface area contributed by atoms with Crippen LogP contribution in [0.4, 0.5) is 5.69 Å². The Bertz CT molecular complexity index is 1300. The molecule has 1 aliphatic rings. The highest BCUT2D eigenvalue weighted by molar-refractivity contribution is 7.99. The van der Waals surface area contributed by atoms with Crippen LogP contribution < -0.4 is 16.2 Å². The number of carboxylic acids is 1. The molecule has 2 aromatic carbocycles. The van der Waals surface area contributed by atoms with Gasteiger partial charge in [-0.05, 0) is 30.0 Å². The molecule has 192 valence electrons. The lowest BCUT2D eigenvalue weighted by Gasteiger charge is -2.19. The van der Waals surface area contributed by atoms with Crippen LogP contribution in [0.3, 0.4) is 0 Å². The Balaban J connectivity index is 0.000000410. The minimum absolute atomic E-state index is 0.160. The summed E-state index contributed by atoms with van der Waals surface area (Å²) in [5.74, 6) is 0.722. The number of primary sulfonamides is 1. The first-order valence-corrected chi connectivity index (χ1v) is 14.8. The highest BCUT2D eigenvalue weighted by atomic mass is 35.5. The summed E-state index contributed by atoms with van der Waals surface area (Å²) < 4.78 is 51.6. The summed E-state index contributed by atoms with van der Waals surface area (Å²) in [4.78, 5) is 9.38. The number of halogens is 1. The third-order valence-electron chi connectivity index (χ3n) is 4.52. The van der Waals surface area contributed by atoms with E-state index in [4.69, 9.17) is 27.6 Å². The van der Waals surface area contributed by atoms with Gasteiger partial charge in [0, 0.05) is 5.75 Å². The Kier molecular flexibility index (Phi) is 10.1. The van der Waals surface area contributed by atoms with Crippen LogP contribution in [0.15, 0.2) is 56.7 Å². The second-order valence-electron chi connectivity index (χ2n) is 8.01. The van der Waals surface area contributed by atoms with Crippen molar-refractivity contribution in [2.24, 2.45) is 21.2 Å². The predicted octanol–water partition coefficient (Wildman–Crippen LogP) is 2.88. The van der Waals surface area contributed by atoms with Gasteiger partial charge in [-0.2, -0.15) is 8.42 Å². The molecule has 0 unspecified atom stereocenters. The minimum atomic E-state index is -4.15. The third kappa shape index (κ3) is 8.78. The van der Waals surface area contributed by atoms with Gasteiger partial charge in [0.1, 0.15) is 21.7 Å². The first-order chi connectivity index (χ1) is 16.2. The minimum Gasteiger partial charge on any atom is -0.480 e. The van der Waals surface area contributed by atoms with Crippen molar-refractivity contribution in [1.82, 2.24) is 0 Å². The molecule has 2 aromatic rings. The Hall–Kier alpha value is -2.16. The number of fused-ring (bicyclic) bond motifs is 1. The molecular formula is C21H27ClN4O6S3. The number of thioether (sulfide) groups is 1. The number of aliphatic carboxylic acids is 1. The van der Waals surface area contributed by atoms with Crippen molar-refractivity contribution in [2.75, 3.05) is 11.1 Å². The van der Waals surface area contributed by atoms with Gasteiger partial charge in [-0.25, -0.2) is 13.6 Å². The molecule has 1 aliphatic heterocycles. The van der Waals surface area contributed by atoms with E-state index in [2.05, 4.69) is 9.71 Å². The molecule has 0 fully saturated rings. The van der Waals surface area contributed by atoms with Gasteiger partial charge in [-0.1, -0.05) is 55.8 Å². The molecule has 0 radical (unpaired) electrons. The monoisotopic (exact) mass is 562 g/mol. The van der Waals surface area contributed by atoms with Crippen molar-refractivity contribution >= 4 is 60.9 Å². The number of carboxylic acid groups (broad SMARTS) is 1. The molecule has 0 saturated heterocycles. The fourth-order valence-corrected chi connectivity index (χ4v) is 6.22. The lowest BCUT2D eigenvalue weighted by atomic mass is 10.1. The summed E-state index contributed by atoms with van der Waals surface area (Å²) in [7, 11) is -8.20. The molecule has 1 heterocycles. The molecule has 0 spiro atoms. The maximum atomic E-state index is 12.4. The lowest BCUT2D eigenvalue weighted by Crippen LogP contribution is -2.31. The predicted molar refractivity (Wildman–Crippen MR) is 139 cm³/mol. The van der Waals surface area contributed by atoms with Crippen LogP contribution in [0.25, 0.3) is 0 Å². The Morgan fingerprint density at radius 1 is 1.20 bits per heavy atom. The van der Waals surface area contributed by atoms with E-state index in [1.54, 1.807) is 0 Å². The van der Waals surface area contributed by atoms with Gasteiger partial charge in [0.05, 0.1) is 16.5 Å². The second-order valence-corrected chi connectivity index (χ2v) is 12.5. The summed E-state index contributed by atoms with van der Waals surface area (Å²) in [5.41, 5.74) is 6.50. The number of nitrogens with zero attached hydrogens (tertiary/aromatic N) is 1. The Labute approximate surface area is 214 Å². The van der Waals surface area contributed by atoms with Crippen molar-refractivity contribution in [2.45, 2.75) is 41.9 Å². The van der Waals surface area contributed by atoms with E-state index in [1.807, 2.05) is 44.2 Å². The van der Waals surface area contributed by atoms with Gasteiger partial charge >= 0.3 is 5.97 Å². The van der Waals surface area contributed by atoms with Gasteiger partial charge in [-0.3, -0.25) is 4.79 Å². The molecule has 0 bridgehead atoms. The van der Waals surface area contributed by atoms with E-state index in [0.717, 1.165) is 11.6 Å². The summed E-state index contributed by atoms with van der Waals surface area (Å²) in [6, 6.07) is 11.2. The van der Waals surface area contributed by atoms with Crippen molar-refractivity contribution < 1.29 is 26.7 Å². The summed E-state index contributed by atoms with van der Waals surface area (Å²) >= 11 is 7.43. The van der Waals surface area contributed by atoms with Crippen molar-refractivity contribution in [1.29, 1.82) is 0 Å². The van der Waals surface area contributed by atoms with Crippen LogP contribution in [-0.4, -0.2) is 45.5 Å². The fraction of sp³-hybridized carbons (Fsp3) is 0.333. The highest BCUT2D eigenvalue weighted by Gasteiger charge is 2.28. The van der Waals surface area contributed by atoms with Crippen LogP contribution in [0.2, 0.25) is 5.02 Å². The molecule has 0 amide bonds. The number of hydrogen-bond acceptors (Lipinski definition) is 8. The first kappa shape index (κ1) is 29.1. The number of nitrogens with one attached hydrogen (secondary N) is 1. The molecule has 0 aliphatic carbocycles. The Morgan fingerprint density at radius 3 is 2.34 bits per heavy atom. The average Bonchev–Trinajstić information content (AvgIpc) is 2.72. The molecule has 35 heavy (non-hydrogen) atoms. The number of amidine groups is 1. The van der Waals surface area contributed by atoms with E-state index < -0.39 is 37.0 Å². The lowest BCUT2D eigenvalue weighted by molar-refractivity contribution is -0.138. The summed E-state index contributed by atoms with van der Waals surface area (Å²) in [6.45, 7) is 3.89. The van der Waals surface area contributed by atoms with Crippen LogP contribution >= 0.6 is 23.4 Å². The summed E-state index contributed by atoms with van der Waals surface area (Å²) in [6.07, 6.45) is 0.551. The number of benzene rings is 2. The third-order valence-corrected chi connectivity index (χ3v) is 8.27. The average molecular weight is 563 g/mol. The maximum Gasteiger partial charge on any atom is 0.320 e. The van der Waals surface area contributed by atoms with E-state index >= 15 is 0 Å². The fourth-order valence-electron chi connectivity index (χ4n) is 2.95. The van der Waals surface area contributed by atoms with E-state index in [0.29, 0.717) is 23.8 Å². The SMILES string of the molecule is CC(C)C[C@H](N)C(=O)O.NS(=O)(=O)c1cc2c(cc1Cl)NC(CSCc1ccccc1)=NS2(=O)=O. The number of anilines is 1. The molecule has 3 rings (SSSR count). The second kappa shape index (κ2) is 12.2. The summed E-state index contributed by atoms with van der Waals surface area (Å²) in [5, 5.41) is 16.1. The van der Waals surface area contributed by atoms with Crippen molar-refractivity contribution in [3.8, 4) is 0 Å². The smallest absolute Gasteiger partial charge is 0.320 e. The maximum absolute atomic E-state index is 12.4. The van der Waals surface area contributed by atoms with E-state index in [-0.39, 0.29) is 21.4 Å². The molecule has 1 atom stereocenters. The number of rotatable bonds is 8. The molecule has 14 heteroatoms.